The summed E-state index contributed by atoms with van der Waals surface area (Å²) >= 11 is 0. The molecule has 5 heterocycles. The fraction of sp³-hybridized carbons (Fsp3) is 0.471. The summed E-state index contributed by atoms with van der Waals surface area (Å²) in [6.07, 6.45) is 14.4. The van der Waals surface area contributed by atoms with Gasteiger partial charge in [-0.1, -0.05) is 19.4 Å². The molecule has 4 aromatic rings. The second kappa shape index (κ2) is 15.2. The van der Waals surface area contributed by atoms with Crippen LogP contribution < -0.4 is 15.2 Å². The van der Waals surface area contributed by atoms with Gasteiger partial charge in [-0.25, -0.2) is 14.5 Å². The number of hydrogen-bond donors (Lipinski definition) is 3. The predicted molar refractivity (Wildman–Crippen MR) is 177 cm³/mol. The van der Waals surface area contributed by atoms with Crippen LogP contribution in [0, 0.1) is 0 Å². The highest BCUT2D eigenvalue weighted by Gasteiger charge is 2.27. The summed E-state index contributed by atoms with van der Waals surface area (Å²) < 4.78 is 2.22. The van der Waals surface area contributed by atoms with Gasteiger partial charge in [-0.3, -0.25) is 9.78 Å². The van der Waals surface area contributed by atoms with Gasteiger partial charge in [0.05, 0.1) is 6.54 Å². The van der Waals surface area contributed by atoms with Crippen molar-refractivity contribution < 1.29 is 12.2 Å². The van der Waals surface area contributed by atoms with Gasteiger partial charge >= 0.3 is 5.82 Å². The summed E-state index contributed by atoms with van der Waals surface area (Å²) in [6, 6.07) is 12.2. The number of nitrogens with one attached hydrogen (secondary N) is 3. The Morgan fingerprint density at radius 1 is 1.02 bits per heavy atom. The Morgan fingerprint density at radius 3 is 2.67 bits per heavy atom. The molecular weight excluding hydrogens is 564 g/mol. The number of benzene rings is 1. The zero-order valence-corrected chi connectivity index (χ0v) is 26.3. The number of amides is 1. The first-order chi connectivity index (χ1) is 22.2. The standard InChI is InChI=1S/C34H44N10O.2H2/c1-2-26-22-35-13-9-28(26)23-38-34(45)27-7-6-8-29(21-27)37-24-32-40-41-33(31-10-14-36-25-39-31)44(32)20-19-42-17-11-30(12-18-42)43-15-4-3-5-16-43;;/h6-10,13-14,21-22,25,30,37H,2-5,11-12,15-20,23-24H2,1H3,(H,38,45);2*1H/p+1. The smallest absolute Gasteiger partial charge is 0.327 e. The average molecular weight is 614 g/mol. The second-order valence-corrected chi connectivity index (χ2v) is 12.0. The van der Waals surface area contributed by atoms with Gasteiger partial charge in [-0.05, 0) is 99.7 Å². The van der Waals surface area contributed by atoms with Gasteiger partial charge in [0.15, 0.2) is 0 Å². The number of nitrogens with zero attached hydrogens (tertiary/aromatic N) is 7. The Labute approximate surface area is 268 Å². The van der Waals surface area contributed by atoms with Crippen molar-refractivity contribution in [1.82, 2.24) is 40.3 Å². The fourth-order valence-electron chi connectivity index (χ4n) is 6.57. The third-order valence-corrected chi connectivity index (χ3v) is 9.20. The van der Waals surface area contributed by atoms with Crippen molar-refractivity contribution >= 4 is 11.6 Å². The third-order valence-electron chi connectivity index (χ3n) is 9.20. The Morgan fingerprint density at radius 2 is 1.87 bits per heavy atom. The van der Waals surface area contributed by atoms with Crippen LogP contribution in [0.4, 0.5) is 5.69 Å². The number of H-pyrrole nitrogens is 1. The normalized spacial score (nSPS) is 16.5. The molecule has 0 radical (unpaired) electrons. The lowest BCUT2D eigenvalue weighted by Gasteiger charge is -2.40. The van der Waals surface area contributed by atoms with Gasteiger partial charge in [-0.15, -0.1) is 5.10 Å². The maximum atomic E-state index is 13.0. The van der Waals surface area contributed by atoms with Crippen LogP contribution in [0.15, 0.2) is 61.3 Å². The first-order valence-corrected chi connectivity index (χ1v) is 16.4. The molecule has 2 aliphatic rings. The van der Waals surface area contributed by atoms with Crippen LogP contribution in [0.25, 0.3) is 11.5 Å². The molecule has 2 aliphatic heterocycles. The number of aromatic nitrogens is 6. The minimum atomic E-state index is -0.107. The number of piperidine rings is 2. The van der Waals surface area contributed by atoms with Crippen molar-refractivity contribution in [3.05, 3.63) is 83.8 Å². The first kappa shape index (κ1) is 30.8. The lowest BCUT2D eigenvalue weighted by Crippen LogP contribution is -2.50. The van der Waals surface area contributed by atoms with E-state index in [0.29, 0.717) is 18.7 Å². The highest BCUT2D eigenvalue weighted by atomic mass is 16.1. The van der Waals surface area contributed by atoms with Crippen molar-refractivity contribution in [2.75, 3.05) is 38.0 Å². The predicted octanol–water partition coefficient (Wildman–Crippen LogP) is 4.10. The maximum absolute atomic E-state index is 13.0. The van der Waals surface area contributed by atoms with E-state index in [1.165, 1.54) is 45.2 Å². The summed E-state index contributed by atoms with van der Waals surface area (Å²) in [7, 11) is 0. The summed E-state index contributed by atoms with van der Waals surface area (Å²) in [5.74, 6) is 1.64. The molecule has 6 rings (SSSR count). The number of rotatable bonds is 12. The summed E-state index contributed by atoms with van der Waals surface area (Å²) in [4.78, 5) is 31.1. The van der Waals surface area contributed by atoms with Crippen LogP contribution >= 0.6 is 0 Å². The van der Waals surface area contributed by atoms with E-state index in [1.54, 1.807) is 18.7 Å². The van der Waals surface area contributed by atoms with E-state index in [9.17, 15) is 4.79 Å². The van der Waals surface area contributed by atoms with Crippen LogP contribution in [0.5, 0.6) is 0 Å². The van der Waals surface area contributed by atoms with E-state index in [4.69, 9.17) is 0 Å². The Bertz CT molecular complexity index is 1540. The van der Waals surface area contributed by atoms with E-state index in [0.717, 1.165) is 72.8 Å². The molecule has 0 aliphatic carbocycles. The molecule has 0 saturated carbocycles. The highest BCUT2D eigenvalue weighted by Crippen LogP contribution is 2.21. The number of carbonyl (C=O) groups excluding carboxylic acids is 1. The largest absolute Gasteiger partial charge is 0.375 e. The quantitative estimate of drug-likeness (QED) is 0.205. The SMILES string of the molecule is CCc1cnccc1CNC(=O)c1cccc(NCc2[nH]nc(-c3ccncn3)[n+]2CCN2CCC(N3CCCCC3)CC2)c1.[HH].[HH]. The number of hydrogen-bond acceptors (Lipinski definition) is 8. The summed E-state index contributed by atoms with van der Waals surface area (Å²) in [5.41, 5.74) is 4.49. The number of carbonyl (C=O) groups is 1. The van der Waals surface area contributed by atoms with Crippen molar-refractivity contribution in [2.24, 2.45) is 0 Å². The van der Waals surface area contributed by atoms with Crippen LogP contribution in [-0.4, -0.2) is 79.6 Å². The van der Waals surface area contributed by atoms with Gasteiger partial charge in [0, 0.05) is 56.9 Å². The molecule has 0 bridgehead atoms. The molecule has 11 heteroatoms. The third kappa shape index (κ3) is 7.90. The minimum Gasteiger partial charge on any atom is -0.375 e. The number of anilines is 1. The van der Waals surface area contributed by atoms with Gasteiger partial charge in [0.1, 0.15) is 18.6 Å². The number of aryl methyl sites for hydroxylation is 1. The second-order valence-electron chi connectivity index (χ2n) is 12.0. The van der Waals surface area contributed by atoms with Crippen molar-refractivity contribution in [2.45, 2.75) is 71.1 Å². The van der Waals surface area contributed by atoms with Crippen LogP contribution in [0.1, 0.15) is 69.2 Å². The van der Waals surface area contributed by atoms with Crippen molar-refractivity contribution in [3.63, 3.8) is 0 Å². The van der Waals surface area contributed by atoms with E-state index < -0.39 is 0 Å². The summed E-state index contributed by atoms with van der Waals surface area (Å²) in [5, 5.41) is 14.5. The average Bonchev–Trinajstić information content (AvgIpc) is 3.52. The molecule has 240 valence electrons. The number of pyridine rings is 1. The number of aromatic amines is 1. The zero-order valence-electron chi connectivity index (χ0n) is 26.3. The van der Waals surface area contributed by atoms with E-state index in [1.807, 2.05) is 42.6 Å². The summed E-state index contributed by atoms with van der Waals surface area (Å²) in [6.45, 7) is 9.65. The first-order valence-electron chi connectivity index (χ1n) is 16.4. The zero-order chi connectivity index (χ0) is 30.8. The lowest BCUT2D eigenvalue weighted by atomic mass is 10.00. The topological polar surface area (TPSA) is 119 Å². The lowest BCUT2D eigenvalue weighted by molar-refractivity contribution is -0.693. The molecule has 2 fully saturated rings. The molecular formula is C34H49N10O+. The molecule has 11 nitrogen and oxygen atoms in total. The minimum absolute atomic E-state index is 0. The van der Waals surface area contributed by atoms with Gasteiger partial charge in [0.2, 0.25) is 0 Å². The molecule has 45 heavy (non-hydrogen) atoms. The van der Waals surface area contributed by atoms with Crippen LogP contribution in [0.3, 0.4) is 0 Å². The Hall–Kier alpha value is -4.22. The molecule has 2 saturated heterocycles. The highest BCUT2D eigenvalue weighted by molar-refractivity contribution is 5.95. The van der Waals surface area contributed by atoms with Crippen molar-refractivity contribution in [1.29, 1.82) is 0 Å². The van der Waals surface area contributed by atoms with E-state index in [2.05, 4.69) is 57.1 Å². The Balaban J connectivity index is 0.00000250. The van der Waals surface area contributed by atoms with E-state index >= 15 is 0 Å². The van der Waals surface area contributed by atoms with Gasteiger partial charge in [0.25, 0.3) is 11.7 Å². The van der Waals surface area contributed by atoms with Crippen molar-refractivity contribution in [3.8, 4) is 11.5 Å². The number of likely N-dealkylation sites (tertiary alicyclic amines) is 2. The maximum Gasteiger partial charge on any atom is 0.327 e. The molecule has 3 N–H and O–H groups in total. The van der Waals surface area contributed by atoms with Gasteiger partial charge < -0.3 is 20.4 Å². The fourth-order valence-corrected chi connectivity index (χ4v) is 6.57. The van der Waals surface area contributed by atoms with Gasteiger partial charge in [-0.2, -0.15) is 0 Å². The molecule has 1 amide bonds. The molecule has 0 atom stereocenters. The molecule has 1 aromatic carbocycles. The van der Waals surface area contributed by atoms with Crippen LogP contribution in [-0.2, 0) is 26.1 Å². The monoisotopic (exact) mass is 613 g/mol. The molecule has 0 spiro atoms. The Kier molecular flexibility index (Phi) is 10.4. The van der Waals surface area contributed by atoms with Crippen LogP contribution in [0.2, 0.25) is 0 Å². The molecule has 0 unspecified atom stereocenters. The molecule has 3 aromatic heterocycles. The van der Waals surface area contributed by atoms with E-state index in [-0.39, 0.29) is 8.76 Å².